The summed E-state index contributed by atoms with van der Waals surface area (Å²) in [5, 5.41) is 3.35. The summed E-state index contributed by atoms with van der Waals surface area (Å²) in [7, 11) is 0. The molecule has 0 atom stereocenters. The number of carbonyl (C=O) groups excluding carboxylic acids is 1. The lowest BCUT2D eigenvalue weighted by Crippen LogP contribution is -2.41. The summed E-state index contributed by atoms with van der Waals surface area (Å²) in [6, 6.07) is 3.45. The van der Waals surface area contributed by atoms with Crippen LogP contribution in [0.5, 0.6) is 11.5 Å². The Balaban J connectivity index is 1.49. The Labute approximate surface area is 166 Å². The number of amides is 1. The molecule has 1 N–H and O–H groups in total. The van der Waals surface area contributed by atoms with E-state index in [9.17, 15) is 4.79 Å². The third kappa shape index (κ3) is 5.99. The topological polar surface area (TPSA) is 60.0 Å². The maximum Gasteiger partial charge on any atom is 0.238 e. The van der Waals surface area contributed by atoms with E-state index in [1.807, 2.05) is 0 Å². The number of benzene rings is 1. The largest absolute Gasteiger partial charge is 0.490 e. The number of fused-ring (bicyclic) bond motifs is 1. The summed E-state index contributed by atoms with van der Waals surface area (Å²) in [5.41, 5.74) is 0.557. The molecule has 0 aliphatic carbocycles. The van der Waals surface area contributed by atoms with Crippen molar-refractivity contribution in [2.45, 2.75) is 39.2 Å². The van der Waals surface area contributed by atoms with Crippen molar-refractivity contribution < 1.29 is 19.0 Å². The lowest BCUT2D eigenvalue weighted by molar-refractivity contribution is -0.118. The van der Waals surface area contributed by atoms with Crippen LogP contribution in [-0.4, -0.2) is 56.4 Å². The lowest BCUT2D eigenvalue weighted by Gasteiger charge is -2.31. The molecule has 2 heterocycles. The van der Waals surface area contributed by atoms with Crippen molar-refractivity contribution in [3.63, 3.8) is 0 Å². The molecule has 0 unspecified atom stereocenters. The fourth-order valence-electron chi connectivity index (χ4n) is 3.24. The molecule has 0 radical (unpaired) electrons. The van der Waals surface area contributed by atoms with Gasteiger partial charge >= 0.3 is 0 Å². The van der Waals surface area contributed by atoms with Gasteiger partial charge in [0.1, 0.15) is 0 Å². The molecule has 150 valence electrons. The van der Waals surface area contributed by atoms with Crippen LogP contribution in [0.25, 0.3) is 0 Å². The van der Waals surface area contributed by atoms with Crippen LogP contribution in [0.1, 0.15) is 33.1 Å². The first-order valence-corrected chi connectivity index (χ1v) is 10.1. The minimum absolute atomic E-state index is 0.0760. The first-order chi connectivity index (χ1) is 13.0. The van der Waals surface area contributed by atoms with Crippen molar-refractivity contribution in [1.82, 2.24) is 4.90 Å². The molecule has 7 heteroatoms. The molecule has 0 bridgehead atoms. The summed E-state index contributed by atoms with van der Waals surface area (Å²) < 4.78 is 17.2. The fourth-order valence-corrected chi connectivity index (χ4v) is 3.44. The smallest absolute Gasteiger partial charge is 0.238 e. The second kappa shape index (κ2) is 9.62. The first-order valence-electron chi connectivity index (χ1n) is 9.74. The second-order valence-electron chi connectivity index (χ2n) is 7.58. The average molecular weight is 397 g/mol. The van der Waals surface area contributed by atoms with Crippen molar-refractivity contribution >= 4 is 23.2 Å². The number of hydrogen-bond acceptors (Lipinski definition) is 5. The summed E-state index contributed by atoms with van der Waals surface area (Å²) in [6.07, 6.45) is 3.06. The average Bonchev–Trinajstić information content (AvgIpc) is 2.86. The normalized spacial score (nSPS) is 18.4. The number of nitrogens with one attached hydrogen (secondary N) is 1. The zero-order valence-corrected chi connectivity index (χ0v) is 16.9. The third-order valence-corrected chi connectivity index (χ3v) is 4.99. The number of nitrogens with zero attached hydrogens (tertiary/aromatic N) is 1. The predicted molar refractivity (Wildman–Crippen MR) is 106 cm³/mol. The van der Waals surface area contributed by atoms with Crippen molar-refractivity contribution in [1.29, 1.82) is 0 Å². The van der Waals surface area contributed by atoms with Gasteiger partial charge in [-0.25, -0.2) is 0 Å². The minimum Gasteiger partial charge on any atom is -0.490 e. The molecule has 1 fully saturated rings. The Morgan fingerprint density at radius 1 is 1.26 bits per heavy atom. The SMILES string of the molecule is CC(C)COC1CCN(CC(=O)Nc2cc3c(cc2Cl)OCCCO3)CC1. The maximum absolute atomic E-state index is 12.5. The van der Waals surface area contributed by atoms with Gasteiger partial charge in [-0.05, 0) is 18.8 Å². The number of ether oxygens (including phenoxy) is 3. The van der Waals surface area contributed by atoms with Gasteiger partial charge in [0.15, 0.2) is 11.5 Å². The highest BCUT2D eigenvalue weighted by molar-refractivity contribution is 6.34. The van der Waals surface area contributed by atoms with Crippen LogP contribution < -0.4 is 14.8 Å². The Kier molecular flexibility index (Phi) is 7.21. The van der Waals surface area contributed by atoms with Crippen LogP contribution in [0.15, 0.2) is 12.1 Å². The molecule has 0 aromatic heterocycles. The van der Waals surface area contributed by atoms with Gasteiger partial charge in [-0.1, -0.05) is 25.4 Å². The van der Waals surface area contributed by atoms with E-state index in [-0.39, 0.29) is 5.91 Å². The third-order valence-electron chi connectivity index (χ3n) is 4.68. The molecule has 0 saturated carbocycles. The van der Waals surface area contributed by atoms with E-state index in [4.69, 9.17) is 25.8 Å². The van der Waals surface area contributed by atoms with Crippen molar-refractivity contribution in [3.05, 3.63) is 17.2 Å². The van der Waals surface area contributed by atoms with E-state index < -0.39 is 0 Å². The van der Waals surface area contributed by atoms with Crippen LogP contribution in [0.2, 0.25) is 5.02 Å². The van der Waals surface area contributed by atoms with E-state index in [1.165, 1.54) is 0 Å². The Bertz CT molecular complexity index is 645. The zero-order valence-electron chi connectivity index (χ0n) is 16.1. The summed E-state index contributed by atoms with van der Waals surface area (Å²) >= 11 is 6.30. The molecule has 1 amide bonds. The van der Waals surface area contributed by atoms with Gasteiger partial charge < -0.3 is 19.5 Å². The molecule has 2 aliphatic rings. The van der Waals surface area contributed by atoms with E-state index in [0.717, 1.165) is 39.0 Å². The van der Waals surface area contributed by atoms with E-state index in [0.29, 0.717) is 54.0 Å². The van der Waals surface area contributed by atoms with Crippen LogP contribution in [0, 0.1) is 5.92 Å². The van der Waals surface area contributed by atoms with Crippen molar-refractivity contribution in [2.24, 2.45) is 5.92 Å². The van der Waals surface area contributed by atoms with Crippen molar-refractivity contribution in [3.8, 4) is 11.5 Å². The molecule has 6 nitrogen and oxygen atoms in total. The second-order valence-corrected chi connectivity index (χ2v) is 7.99. The molecule has 3 rings (SSSR count). The molecule has 27 heavy (non-hydrogen) atoms. The number of piperidine rings is 1. The summed E-state index contributed by atoms with van der Waals surface area (Å²) in [4.78, 5) is 14.6. The van der Waals surface area contributed by atoms with Gasteiger partial charge in [0, 0.05) is 38.2 Å². The van der Waals surface area contributed by atoms with E-state index >= 15 is 0 Å². The highest BCUT2D eigenvalue weighted by Gasteiger charge is 2.22. The molecular weight excluding hydrogens is 368 g/mol. The minimum atomic E-state index is -0.0760. The Hall–Kier alpha value is -1.50. The van der Waals surface area contributed by atoms with Crippen LogP contribution in [-0.2, 0) is 9.53 Å². The molecular formula is C20H29ClN2O4. The first kappa shape index (κ1) is 20.2. The molecule has 1 saturated heterocycles. The van der Waals surface area contributed by atoms with Gasteiger partial charge in [-0.2, -0.15) is 0 Å². The highest BCUT2D eigenvalue weighted by Crippen LogP contribution is 2.37. The summed E-state index contributed by atoms with van der Waals surface area (Å²) in [5.74, 6) is 1.72. The van der Waals surface area contributed by atoms with Crippen LogP contribution >= 0.6 is 11.6 Å². The van der Waals surface area contributed by atoms with Crippen LogP contribution in [0.3, 0.4) is 0 Å². The van der Waals surface area contributed by atoms with E-state index in [2.05, 4.69) is 24.1 Å². The molecule has 1 aromatic rings. The number of hydrogen-bond donors (Lipinski definition) is 1. The fraction of sp³-hybridized carbons (Fsp3) is 0.650. The number of likely N-dealkylation sites (tertiary alicyclic amines) is 1. The standard InChI is InChI=1S/C20H29ClN2O4/c1-14(2)13-27-15-4-6-23(7-5-15)12-20(24)22-17-11-19-18(10-16(17)21)25-8-3-9-26-19/h10-11,14-15H,3-9,12-13H2,1-2H3,(H,22,24). The van der Waals surface area contributed by atoms with Gasteiger partial charge in [0.2, 0.25) is 5.91 Å². The van der Waals surface area contributed by atoms with E-state index in [1.54, 1.807) is 12.1 Å². The number of rotatable bonds is 6. The summed E-state index contributed by atoms with van der Waals surface area (Å²) in [6.45, 7) is 8.39. The molecule has 0 spiro atoms. The quantitative estimate of drug-likeness (QED) is 0.796. The van der Waals surface area contributed by atoms with Gasteiger partial charge in [-0.15, -0.1) is 0 Å². The lowest BCUT2D eigenvalue weighted by atomic mass is 10.1. The van der Waals surface area contributed by atoms with Gasteiger partial charge in [-0.3, -0.25) is 9.69 Å². The number of halogens is 1. The van der Waals surface area contributed by atoms with Crippen LogP contribution in [0.4, 0.5) is 5.69 Å². The number of carbonyl (C=O) groups is 1. The maximum atomic E-state index is 12.5. The van der Waals surface area contributed by atoms with Gasteiger partial charge in [0.25, 0.3) is 0 Å². The Morgan fingerprint density at radius 2 is 1.93 bits per heavy atom. The number of anilines is 1. The monoisotopic (exact) mass is 396 g/mol. The predicted octanol–water partition coefficient (Wildman–Crippen LogP) is 3.58. The van der Waals surface area contributed by atoms with Crippen molar-refractivity contribution in [2.75, 3.05) is 44.8 Å². The Morgan fingerprint density at radius 3 is 2.59 bits per heavy atom. The molecule has 2 aliphatic heterocycles. The zero-order chi connectivity index (χ0) is 19.2. The highest BCUT2D eigenvalue weighted by atomic mass is 35.5. The molecule has 1 aromatic carbocycles. The van der Waals surface area contributed by atoms with Gasteiger partial charge in [0.05, 0.1) is 36.6 Å².